The summed E-state index contributed by atoms with van der Waals surface area (Å²) >= 11 is 0. The van der Waals surface area contributed by atoms with Crippen molar-refractivity contribution in [3.05, 3.63) is 35.1 Å². The lowest BCUT2D eigenvalue weighted by Gasteiger charge is -2.29. The molecule has 0 spiro atoms. The maximum Gasteiger partial charge on any atom is 0.251 e. The molecule has 2 N–H and O–H groups in total. The Morgan fingerprint density at radius 1 is 1.25 bits per heavy atom. The summed E-state index contributed by atoms with van der Waals surface area (Å²) in [7, 11) is 0. The van der Waals surface area contributed by atoms with Gasteiger partial charge in [-0.05, 0) is 56.8 Å². The van der Waals surface area contributed by atoms with Crippen LogP contribution >= 0.6 is 0 Å². The lowest BCUT2D eigenvalue weighted by Crippen LogP contribution is -2.42. The molecule has 1 amide bonds. The minimum atomic E-state index is -0.325. The number of hydrogen-bond donors (Lipinski definition) is 2. The van der Waals surface area contributed by atoms with Gasteiger partial charge in [0.1, 0.15) is 5.82 Å². The molecule has 0 saturated heterocycles. The maximum atomic E-state index is 13.5. The molecule has 1 saturated carbocycles. The molecule has 1 aliphatic carbocycles. The molecule has 0 heterocycles. The third kappa shape index (κ3) is 3.79. The number of aryl methyl sites for hydroxylation is 1. The van der Waals surface area contributed by atoms with Crippen LogP contribution in [-0.2, 0) is 0 Å². The summed E-state index contributed by atoms with van der Waals surface area (Å²) in [6, 6.07) is 5.42. The van der Waals surface area contributed by atoms with Crippen molar-refractivity contribution >= 4 is 5.91 Å². The second-order valence-electron chi connectivity index (χ2n) is 5.54. The van der Waals surface area contributed by atoms with E-state index >= 15 is 0 Å². The van der Waals surface area contributed by atoms with Crippen molar-refractivity contribution in [3.63, 3.8) is 0 Å². The Morgan fingerprint density at radius 3 is 2.50 bits per heavy atom. The number of halogens is 1. The standard InChI is InChI=1S/C16H23FN2O/c1-3-18-13-6-8-14(9-7-13)19-16(20)12-5-4-11(2)15(17)10-12/h4-5,10,13-14,18H,3,6-9H2,1-2H3,(H,19,20). The highest BCUT2D eigenvalue weighted by molar-refractivity contribution is 5.94. The van der Waals surface area contributed by atoms with E-state index in [0.717, 1.165) is 32.2 Å². The van der Waals surface area contributed by atoms with E-state index in [1.807, 2.05) is 0 Å². The largest absolute Gasteiger partial charge is 0.349 e. The van der Waals surface area contributed by atoms with Crippen LogP contribution in [0.2, 0.25) is 0 Å². The van der Waals surface area contributed by atoms with Crippen LogP contribution in [0.5, 0.6) is 0 Å². The van der Waals surface area contributed by atoms with Gasteiger partial charge in [-0.25, -0.2) is 4.39 Å². The van der Waals surface area contributed by atoms with Gasteiger partial charge in [-0.3, -0.25) is 4.79 Å². The first-order chi connectivity index (χ1) is 9.60. The summed E-state index contributed by atoms with van der Waals surface area (Å²) in [5.74, 6) is -0.496. The fourth-order valence-corrected chi connectivity index (χ4v) is 2.73. The van der Waals surface area contributed by atoms with Crippen LogP contribution in [-0.4, -0.2) is 24.5 Å². The van der Waals surface area contributed by atoms with Gasteiger partial charge in [0.25, 0.3) is 5.91 Å². The van der Waals surface area contributed by atoms with Gasteiger partial charge in [-0.1, -0.05) is 13.0 Å². The third-order valence-electron chi connectivity index (χ3n) is 3.99. The van der Waals surface area contributed by atoms with Crippen molar-refractivity contribution in [2.75, 3.05) is 6.54 Å². The van der Waals surface area contributed by atoms with Crippen molar-refractivity contribution in [2.45, 2.75) is 51.6 Å². The number of carbonyl (C=O) groups excluding carboxylic acids is 1. The Hall–Kier alpha value is -1.42. The number of carbonyl (C=O) groups is 1. The van der Waals surface area contributed by atoms with Crippen LogP contribution in [0.15, 0.2) is 18.2 Å². The van der Waals surface area contributed by atoms with E-state index < -0.39 is 0 Å². The molecular weight excluding hydrogens is 255 g/mol. The predicted molar refractivity (Wildman–Crippen MR) is 78.3 cm³/mol. The fourth-order valence-electron chi connectivity index (χ4n) is 2.73. The second kappa shape index (κ2) is 6.84. The molecule has 1 aromatic carbocycles. The molecule has 4 heteroatoms. The van der Waals surface area contributed by atoms with E-state index in [2.05, 4.69) is 17.6 Å². The number of benzene rings is 1. The first kappa shape index (κ1) is 15.0. The van der Waals surface area contributed by atoms with Crippen molar-refractivity contribution < 1.29 is 9.18 Å². The molecule has 110 valence electrons. The van der Waals surface area contributed by atoms with Crippen molar-refractivity contribution in [2.24, 2.45) is 0 Å². The summed E-state index contributed by atoms with van der Waals surface area (Å²) in [5, 5.41) is 6.45. The zero-order valence-electron chi connectivity index (χ0n) is 12.2. The summed E-state index contributed by atoms with van der Waals surface area (Å²) in [4.78, 5) is 12.1. The van der Waals surface area contributed by atoms with E-state index in [1.54, 1.807) is 19.1 Å². The van der Waals surface area contributed by atoms with Gasteiger partial charge in [-0.15, -0.1) is 0 Å². The first-order valence-corrected chi connectivity index (χ1v) is 7.40. The Kier molecular flexibility index (Phi) is 5.12. The van der Waals surface area contributed by atoms with E-state index in [4.69, 9.17) is 0 Å². The summed E-state index contributed by atoms with van der Waals surface area (Å²) in [6.45, 7) is 4.79. The van der Waals surface area contributed by atoms with Crippen LogP contribution in [0, 0.1) is 12.7 Å². The van der Waals surface area contributed by atoms with Crippen LogP contribution < -0.4 is 10.6 Å². The van der Waals surface area contributed by atoms with Gasteiger partial charge in [-0.2, -0.15) is 0 Å². The average Bonchev–Trinajstić information content (AvgIpc) is 2.44. The van der Waals surface area contributed by atoms with Crippen molar-refractivity contribution in [1.29, 1.82) is 0 Å². The minimum Gasteiger partial charge on any atom is -0.349 e. The highest BCUT2D eigenvalue weighted by atomic mass is 19.1. The maximum absolute atomic E-state index is 13.5. The molecule has 1 fully saturated rings. The van der Waals surface area contributed by atoms with Gasteiger partial charge < -0.3 is 10.6 Å². The molecular formula is C16H23FN2O. The van der Waals surface area contributed by atoms with Crippen molar-refractivity contribution in [1.82, 2.24) is 10.6 Å². The molecule has 2 rings (SSSR count). The van der Waals surface area contributed by atoms with Crippen LogP contribution in [0.4, 0.5) is 4.39 Å². The number of amides is 1. The van der Waals surface area contributed by atoms with E-state index in [-0.39, 0.29) is 17.8 Å². The molecule has 0 bridgehead atoms. The molecule has 0 unspecified atom stereocenters. The lowest BCUT2D eigenvalue weighted by molar-refractivity contribution is 0.0924. The molecule has 0 aliphatic heterocycles. The summed E-state index contributed by atoms with van der Waals surface area (Å²) in [6.07, 6.45) is 4.14. The SMILES string of the molecule is CCNC1CCC(NC(=O)c2ccc(C)c(F)c2)CC1. The highest BCUT2D eigenvalue weighted by Gasteiger charge is 2.22. The van der Waals surface area contributed by atoms with Crippen molar-refractivity contribution in [3.8, 4) is 0 Å². The Morgan fingerprint density at radius 2 is 1.90 bits per heavy atom. The van der Waals surface area contributed by atoms with E-state index in [9.17, 15) is 9.18 Å². The normalized spacial score (nSPS) is 22.6. The smallest absolute Gasteiger partial charge is 0.251 e. The quantitative estimate of drug-likeness (QED) is 0.889. The van der Waals surface area contributed by atoms with Gasteiger partial charge >= 0.3 is 0 Å². The molecule has 20 heavy (non-hydrogen) atoms. The summed E-state index contributed by atoms with van der Waals surface area (Å²) < 4.78 is 13.5. The third-order valence-corrected chi connectivity index (χ3v) is 3.99. The molecule has 1 aliphatic rings. The van der Waals surface area contributed by atoms with Gasteiger partial charge in [0.05, 0.1) is 0 Å². The highest BCUT2D eigenvalue weighted by Crippen LogP contribution is 2.19. The molecule has 1 aromatic rings. The van der Waals surface area contributed by atoms with Gasteiger partial charge in [0.2, 0.25) is 0 Å². The molecule has 0 aromatic heterocycles. The monoisotopic (exact) mass is 278 g/mol. The Bertz CT molecular complexity index is 468. The Balaban J connectivity index is 1.87. The van der Waals surface area contributed by atoms with Gasteiger partial charge in [0, 0.05) is 17.6 Å². The topological polar surface area (TPSA) is 41.1 Å². The Labute approximate surface area is 120 Å². The number of nitrogens with one attached hydrogen (secondary N) is 2. The van der Waals surface area contributed by atoms with E-state index in [1.165, 1.54) is 6.07 Å². The second-order valence-corrected chi connectivity index (χ2v) is 5.54. The van der Waals surface area contributed by atoms with Crippen LogP contribution in [0.3, 0.4) is 0 Å². The van der Waals surface area contributed by atoms with Gasteiger partial charge in [0.15, 0.2) is 0 Å². The first-order valence-electron chi connectivity index (χ1n) is 7.40. The van der Waals surface area contributed by atoms with Crippen LogP contribution in [0.1, 0.15) is 48.5 Å². The minimum absolute atomic E-state index is 0.171. The van der Waals surface area contributed by atoms with E-state index in [0.29, 0.717) is 17.2 Å². The van der Waals surface area contributed by atoms with Crippen LogP contribution in [0.25, 0.3) is 0 Å². The predicted octanol–water partition coefficient (Wildman–Crippen LogP) is 2.78. The fraction of sp³-hybridized carbons (Fsp3) is 0.562. The summed E-state index contributed by atoms with van der Waals surface area (Å²) in [5.41, 5.74) is 0.967. The zero-order chi connectivity index (χ0) is 14.5. The average molecular weight is 278 g/mol. The molecule has 3 nitrogen and oxygen atoms in total. The number of rotatable bonds is 4. The molecule has 0 atom stereocenters. The zero-order valence-corrected chi connectivity index (χ0v) is 12.2. The lowest BCUT2D eigenvalue weighted by atomic mass is 9.91. The number of hydrogen-bond acceptors (Lipinski definition) is 2. The molecule has 0 radical (unpaired) electrons.